The molecule has 30 heavy (non-hydrogen) atoms. The van der Waals surface area contributed by atoms with Crippen molar-refractivity contribution in [3.63, 3.8) is 0 Å². The zero-order valence-electron chi connectivity index (χ0n) is 16.4. The van der Waals surface area contributed by atoms with Crippen LogP contribution in [0.3, 0.4) is 0 Å². The van der Waals surface area contributed by atoms with Gasteiger partial charge in [0.05, 0.1) is 16.9 Å². The maximum atomic E-state index is 13.0. The zero-order chi connectivity index (χ0) is 21.7. The number of rotatable bonds is 5. The highest BCUT2D eigenvalue weighted by atomic mass is 32.1. The largest absolute Gasteiger partial charge is 0.416 e. The van der Waals surface area contributed by atoms with Gasteiger partial charge in [-0.2, -0.15) is 13.2 Å². The van der Waals surface area contributed by atoms with Gasteiger partial charge in [-0.1, -0.05) is 25.3 Å². The summed E-state index contributed by atoms with van der Waals surface area (Å²) in [6, 6.07) is 4.72. The molecule has 1 saturated carbocycles. The fourth-order valence-electron chi connectivity index (χ4n) is 3.36. The average molecular weight is 437 g/mol. The molecule has 9 heteroatoms. The Morgan fingerprint density at radius 2 is 1.97 bits per heavy atom. The standard InChI is InChI=1S/C21H22F3N3O2S/c1-14(28)27(18-9-5-6-15(12-18)21(22,23)24)20-26-17(13-30-20)10-11-19(29)25-16-7-3-2-4-8-16/h5-6,9-13,16H,2-4,7-8H2,1H3,(H,25,29)/b11-10+. The Kier molecular flexibility index (Phi) is 6.91. The van der Waals surface area contributed by atoms with Gasteiger partial charge in [-0.05, 0) is 37.1 Å². The Morgan fingerprint density at radius 3 is 2.63 bits per heavy atom. The molecule has 1 N–H and O–H groups in total. The van der Waals surface area contributed by atoms with Crippen molar-refractivity contribution in [2.75, 3.05) is 4.90 Å². The van der Waals surface area contributed by atoms with Crippen molar-refractivity contribution in [2.24, 2.45) is 0 Å². The first kappa shape index (κ1) is 22.0. The van der Waals surface area contributed by atoms with E-state index in [0.29, 0.717) is 5.69 Å². The summed E-state index contributed by atoms with van der Waals surface area (Å²) in [6.45, 7) is 1.26. The van der Waals surface area contributed by atoms with Gasteiger partial charge in [-0.25, -0.2) is 4.98 Å². The molecular formula is C21H22F3N3O2S. The molecule has 0 spiro atoms. The molecule has 1 aromatic carbocycles. The van der Waals surface area contributed by atoms with Crippen LogP contribution in [-0.4, -0.2) is 22.8 Å². The lowest BCUT2D eigenvalue weighted by Gasteiger charge is -2.21. The van der Waals surface area contributed by atoms with E-state index >= 15 is 0 Å². The van der Waals surface area contributed by atoms with E-state index in [9.17, 15) is 22.8 Å². The molecule has 1 aliphatic rings. The average Bonchev–Trinajstić information content (AvgIpc) is 3.15. The molecule has 0 radical (unpaired) electrons. The highest BCUT2D eigenvalue weighted by Gasteiger charge is 2.31. The molecule has 160 valence electrons. The predicted molar refractivity (Wildman–Crippen MR) is 110 cm³/mol. The van der Waals surface area contributed by atoms with Crippen molar-refractivity contribution >= 4 is 40.0 Å². The van der Waals surface area contributed by atoms with Crippen LogP contribution in [-0.2, 0) is 15.8 Å². The summed E-state index contributed by atoms with van der Waals surface area (Å²) >= 11 is 1.11. The number of anilines is 2. The summed E-state index contributed by atoms with van der Waals surface area (Å²) in [4.78, 5) is 29.6. The van der Waals surface area contributed by atoms with E-state index in [-0.39, 0.29) is 22.8 Å². The predicted octanol–water partition coefficient (Wildman–Crippen LogP) is 5.31. The number of carbonyl (C=O) groups is 2. The summed E-state index contributed by atoms with van der Waals surface area (Å²) in [5.74, 6) is -0.674. The number of hydrogen-bond donors (Lipinski definition) is 1. The van der Waals surface area contributed by atoms with Gasteiger partial charge in [0.1, 0.15) is 0 Å². The highest BCUT2D eigenvalue weighted by molar-refractivity contribution is 7.14. The van der Waals surface area contributed by atoms with Gasteiger partial charge in [0.2, 0.25) is 11.8 Å². The van der Waals surface area contributed by atoms with Gasteiger partial charge in [0, 0.05) is 24.4 Å². The maximum Gasteiger partial charge on any atom is 0.416 e. The van der Waals surface area contributed by atoms with E-state index in [1.165, 1.54) is 37.6 Å². The zero-order valence-corrected chi connectivity index (χ0v) is 17.2. The van der Waals surface area contributed by atoms with E-state index in [0.717, 1.165) is 54.1 Å². The Labute approximate surface area is 176 Å². The Balaban J connectivity index is 1.74. The number of benzene rings is 1. The van der Waals surface area contributed by atoms with Crippen LogP contribution in [0.25, 0.3) is 6.08 Å². The van der Waals surface area contributed by atoms with Gasteiger partial charge in [-0.15, -0.1) is 11.3 Å². The fourth-order valence-corrected chi connectivity index (χ4v) is 4.22. The fraction of sp³-hybridized carbons (Fsp3) is 0.381. The number of alkyl halides is 3. The third kappa shape index (κ3) is 5.69. The van der Waals surface area contributed by atoms with Crippen molar-refractivity contribution in [1.29, 1.82) is 0 Å². The van der Waals surface area contributed by atoms with Gasteiger partial charge >= 0.3 is 6.18 Å². The lowest BCUT2D eigenvalue weighted by molar-refractivity contribution is -0.137. The van der Waals surface area contributed by atoms with Crippen molar-refractivity contribution < 1.29 is 22.8 Å². The molecule has 3 rings (SSSR count). The minimum Gasteiger partial charge on any atom is -0.350 e. The number of nitrogens with zero attached hydrogens (tertiary/aromatic N) is 2. The number of amides is 2. The van der Waals surface area contributed by atoms with Crippen LogP contribution >= 0.6 is 11.3 Å². The second kappa shape index (κ2) is 9.42. The van der Waals surface area contributed by atoms with E-state index < -0.39 is 17.6 Å². The van der Waals surface area contributed by atoms with Gasteiger partial charge in [0.15, 0.2) is 5.13 Å². The SMILES string of the molecule is CC(=O)N(c1cccc(C(F)(F)F)c1)c1nc(/C=C/C(=O)NC2CCCCC2)cs1. The number of carbonyl (C=O) groups excluding carboxylic acids is 2. The number of halogens is 3. The molecule has 5 nitrogen and oxygen atoms in total. The van der Waals surface area contributed by atoms with Crippen LogP contribution in [0.2, 0.25) is 0 Å². The van der Waals surface area contributed by atoms with E-state index in [2.05, 4.69) is 10.3 Å². The molecule has 2 aromatic rings. The summed E-state index contributed by atoms with van der Waals surface area (Å²) in [5.41, 5.74) is -0.313. The summed E-state index contributed by atoms with van der Waals surface area (Å²) in [7, 11) is 0. The highest BCUT2D eigenvalue weighted by Crippen LogP contribution is 2.35. The van der Waals surface area contributed by atoms with Crippen molar-refractivity contribution in [1.82, 2.24) is 10.3 Å². The smallest absolute Gasteiger partial charge is 0.350 e. The van der Waals surface area contributed by atoms with Gasteiger partial charge in [0.25, 0.3) is 0 Å². The lowest BCUT2D eigenvalue weighted by atomic mass is 9.95. The first-order chi connectivity index (χ1) is 14.2. The number of thiazole rings is 1. The number of hydrogen-bond acceptors (Lipinski definition) is 4. The normalized spacial score (nSPS) is 15.3. The number of aromatic nitrogens is 1. The van der Waals surface area contributed by atoms with Crippen molar-refractivity contribution in [3.8, 4) is 0 Å². The summed E-state index contributed by atoms with van der Waals surface area (Å²) in [6.07, 6.45) is 3.78. The van der Waals surface area contributed by atoms with Crippen LogP contribution in [0.15, 0.2) is 35.7 Å². The van der Waals surface area contributed by atoms with Gasteiger partial charge < -0.3 is 5.32 Å². The lowest BCUT2D eigenvalue weighted by Crippen LogP contribution is -2.34. The van der Waals surface area contributed by atoms with Crippen LogP contribution in [0.1, 0.15) is 50.3 Å². The molecule has 1 aliphatic carbocycles. The van der Waals surface area contributed by atoms with Crippen LogP contribution in [0.5, 0.6) is 0 Å². The first-order valence-corrected chi connectivity index (χ1v) is 10.5. The van der Waals surface area contributed by atoms with Crippen LogP contribution in [0.4, 0.5) is 24.0 Å². The second-order valence-electron chi connectivity index (χ2n) is 7.13. The molecule has 0 atom stereocenters. The van der Waals surface area contributed by atoms with Crippen molar-refractivity contribution in [2.45, 2.75) is 51.2 Å². The Morgan fingerprint density at radius 1 is 1.23 bits per heavy atom. The summed E-state index contributed by atoms with van der Waals surface area (Å²) < 4.78 is 39.1. The quantitative estimate of drug-likeness (QED) is 0.645. The first-order valence-electron chi connectivity index (χ1n) is 9.66. The molecule has 0 bridgehead atoms. The van der Waals surface area contributed by atoms with Gasteiger partial charge in [-0.3, -0.25) is 14.5 Å². The summed E-state index contributed by atoms with van der Waals surface area (Å²) in [5, 5.41) is 4.83. The second-order valence-corrected chi connectivity index (χ2v) is 7.97. The third-order valence-corrected chi connectivity index (χ3v) is 5.65. The van der Waals surface area contributed by atoms with Crippen LogP contribution in [0, 0.1) is 0 Å². The molecule has 2 amide bonds. The minimum atomic E-state index is -4.51. The molecule has 1 heterocycles. The van der Waals surface area contributed by atoms with Crippen LogP contribution < -0.4 is 10.2 Å². The molecular weight excluding hydrogens is 415 g/mol. The topological polar surface area (TPSA) is 62.3 Å². The van der Waals surface area contributed by atoms with E-state index in [1.807, 2.05) is 0 Å². The molecule has 0 saturated heterocycles. The minimum absolute atomic E-state index is 0.0808. The number of nitrogens with one attached hydrogen (secondary N) is 1. The maximum absolute atomic E-state index is 13.0. The molecule has 0 unspecified atom stereocenters. The Hall–Kier alpha value is -2.68. The molecule has 1 aromatic heterocycles. The molecule has 1 fully saturated rings. The Bertz CT molecular complexity index is 934. The van der Waals surface area contributed by atoms with Crippen molar-refractivity contribution in [3.05, 3.63) is 47.0 Å². The van der Waals surface area contributed by atoms with E-state index in [4.69, 9.17) is 0 Å². The molecule has 0 aliphatic heterocycles. The monoisotopic (exact) mass is 437 g/mol. The third-order valence-electron chi connectivity index (χ3n) is 4.80. The van der Waals surface area contributed by atoms with E-state index in [1.54, 1.807) is 5.38 Å².